The summed E-state index contributed by atoms with van der Waals surface area (Å²) in [5.74, 6) is 0.967. The summed E-state index contributed by atoms with van der Waals surface area (Å²) in [5, 5.41) is 10.1. The van der Waals surface area contributed by atoms with E-state index in [2.05, 4.69) is 11.0 Å². The Balaban J connectivity index is 1.28. The van der Waals surface area contributed by atoms with Gasteiger partial charge in [-0.05, 0) is 67.8 Å². The molecule has 0 bridgehead atoms. The molecule has 4 rings (SSSR count). The van der Waals surface area contributed by atoms with Gasteiger partial charge in [-0.2, -0.15) is 0 Å². The monoisotopic (exact) mass is 384 g/mol. The second kappa shape index (κ2) is 7.51. The second-order valence-corrected chi connectivity index (χ2v) is 9.55. The van der Waals surface area contributed by atoms with Crippen molar-refractivity contribution in [3.63, 3.8) is 0 Å². The van der Waals surface area contributed by atoms with E-state index in [0.717, 1.165) is 50.8 Å². The number of carbonyl (C=O) groups is 2. The Morgan fingerprint density at radius 2 is 1.79 bits per heavy atom. The fourth-order valence-corrected chi connectivity index (χ4v) is 5.49. The van der Waals surface area contributed by atoms with E-state index in [9.17, 15) is 14.7 Å². The number of likely N-dealkylation sites (tertiary alicyclic amines) is 2. The summed E-state index contributed by atoms with van der Waals surface area (Å²) in [4.78, 5) is 28.6. The summed E-state index contributed by atoms with van der Waals surface area (Å²) in [7, 11) is 0. The van der Waals surface area contributed by atoms with Gasteiger partial charge in [0.25, 0.3) is 0 Å². The lowest BCUT2D eigenvalue weighted by Gasteiger charge is -2.35. The van der Waals surface area contributed by atoms with Crippen LogP contribution in [-0.4, -0.2) is 52.4 Å². The van der Waals surface area contributed by atoms with Gasteiger partial charge in [0.15, 0.2) is 0 Å². The molecule has 2 aliphatic heterocycles. The number of rotatable bonds is 5. The lowest BCUT2D eigenvalue weighted by Crippen LogP contribution is -2.46. The number of benzene rings is 1. The molecule has 2 amide bonds. The molecule has 0 saturated carbocycles. The summed E-state index contributed by atoms with van der Waals surface area (Å²) in [6.07, 6.45) is 6.04. The number of hydrogen-bond acceptors (Lipinski definition) is 4. The van der Waals surface area contributed by atoms with E-state index in [1.807, 2.05) is 19.9 Å². The van der Waals surface area contributed by atoms with Crippen molar-refractivity contribution in [3.05, 3.63) is 29.3 Å². The van der Waals surface area contributed by atoms with Gasteiger partial charge in [0, 0.05) is 31.3 Å². The number of amides is 2. The first-order valence-electron chi connectivity index (χ1n) is 10.7. The first-order valence-corrected chi connectivity index (χ1v) is 10.7. The van der Waals surface area contributed by atoms with Crippen molar-refractivity contribution in [2.24, 2.45) is 5.41 Å². The van der Waals surface area contributed by atoms with Crippen molar-refractivity contribution < 1.29 is 14.7 Å². The third-order valence-electron chi connectivity index (χ3n) is 6.88. The van der Waals surface area contributed by atoms with Gasteiger partial charge in [-0.1, -0.05) is 26.0 Å². The maximum Gasteiger partial charge on any atom is 0.229 e. The first kappa shape index (κ1) is 19.4. The molecule has 1 aromatic rings. The van der Waals surface area contributed by atoms with E-state index in [1.165, 1.54) is 10.5 Å². The van der Waals surface area contributed by atoms with Crippen LogP contribution in [-0.2, 0) is 16.0 Å². The van der Waals surface area contributed by atoms with E-state index in [0.29, 0.717) is 37.1 Å². The van der Waals surface area contributed by atoms with E-state index in [-0.39, 0.29) is 17.2 Å². The molecule has 0 spiro atoms. The topological polar surface area (TPSA) is 60.9 Å². The Labute approximate surface area is 167 Å². The summed E-state index contributed by atoms with van der Waals surface area (Å²) >= 11 is 0. The molecule has 1 N–H and O–H groups in total. The van der Waals surface area contributed by atoms with Crippen molar-refractivity contribution >= 4 is 11.8 Å². The average Bonchev–Trinajstić information content (AvgIpc) is 3.03. The molecule has 152 valence electrons. The maximum absolute atomic E-state index is 12.3. The third-order valence-corrected chi connectivity index (χ3v) is 6.88. The minimum absolute atomic E-state index is 0.00817. The fraction of sp³-hybridized carbons (Fsp3) is 0.652. The van der Waals surface area contributed by atoms with Gasteiger partial charge < -0.3 is 5.11 Å². The summed E-state index contributed by atoms with van der Waals surface area (Å²) in [6, 6.07) is 6.52. The van der Waals surface area contributed by atoms with Crippen LogP contribution in [0.1, 0.15) is 69.4 Å². The number of phenolic OH excluding ortho intramolecular Hbond substituents is 1. The zero-order valence-electron chi connectivity index (χ0n) is 17.1. The SMILES string of the molecule is CC1(C)CC(=O)N(CCCCN2CCC3c4cccc(O)c4CCC32)C(=O)C1. The van der Waals surface area contributed by atoms with Gasteiger partial charge in [0.05, 0.1) is 0 Å². The van der Waals surface area contributed by atoms with Crippen molar-refractivity contribution in [1.29, 1.82) is 0 Å². The van der Waals surface area contributed by atoms with Gasteiger partial charge in [-0.3, -0.25) is 19.4 Å². The van der Waals surface area contributed by atoms with Crippen molar-refractivity contribution in [2.45, 2.75) is 70.8 Å². The van der Waals surface area contributed by atoms with Crippen LogP contribution in [0.3, 0.4) is 0 Å². The maximum atomic E-state index is 12.3. The molecule has 3 aliphatic rings. The Hall–Kier alpha value is -1.88. The van der Waals surface area contributed by atoms with E-state index >= 15 is 0 Å². The molecule has 0 aromatic heterocycles. The number of piperidine rings is 1. The molecule has 2 heterocycles. The molecule has 0 radical (unpaired) electrons. The predicted octanol–water partition coefficient (Wildman–Crippen LogP) is 3.45. The lowest BCUT2D eigenvalue weighted by molar-refractivity contribution is -0.152. The summed E-state index contributed by atoms with van der Waals surface area (Å²) < 4.78 is 0. The number of nitrogens with zero attached hydrogens (tertiary/aromatic N) is 2. The van der Waals surface area contributed by atoms with Gasteiger partial charge >= 0.3 is 0 Å². The van der Waals surface area contributed by atoms with Crippen LogP contribution in [0.4, 0.5) is 0 Å². The molecular weight excluding hydrogens is 352 g/mol. The standard InChI is InChI=1S/C23H32N2O3/c1-23(2)14-21(27)25(22(28)15-23)12-4-3-11-24-13-10-17-16-6-5-7-20(26)18(16)8-9-19(17)24/h5-7,17,19,26H,3-4,8-15H2,1-2H3. The predicted molar refractivity (Wildman–Crippen MR) is 108 cm³/mol. The molecule has 2 saturated heterocycles. The normalized spacial score (nSPS) is 27.0. The van der Waals surface area contributed by atoms with Crippen LogP contribution in [0.5, 0.6) is 5.75 Å². The third kappa shape index (κ3) is 3.69. The highest BCUT2D eigenvalue weighted by molar-refractivity contribution is 5.98. The molecule has 1 aliphatic carbocycles. The van der Waals surface area contributed by atoms with Gasteiger partial charge in [0.1, 0.15) is 5.75 Å². The molecule has 1 aromatic carbocycles. The number of carbonyl (C=O) groups excluding carboxylic acids is 2. The number of fused-ring (bicyclic) bond motifs is 3. The lowest BCUT2D eigenvalue weighted by atomic mass is 9.79. The Morgan fingerprint density at radius 3 is 2.54 bits per heavy atom. The largest absolute Gasteiger partial charge is 0.508 e. The van der Waals surface area contributed by atoms with Crippen molar-refractivity contribution in [2.75, 3.05) is 19.6 Å². The average molecular weight is 385 g/mol. The minimum atomic E-state index is -0.194. The Bertz CT molecular complexity index is 753. The Kier molecular flexibility index (Phi) is 5.21. The van der Waals surface area contributed by atoms with Crippen LogP contribution >= 0.6 is 0 Å². The molecule has 2 atom stereocenters. The number of aromatic hydroxyl groups is 1. The number of imide groups is 1. The fourth-order valence-electron chi connectivity index (χ4n) is 5.49. The first-order chi connectivity index (χ1) is 13.4. The summed E-state index contributed by atoms with van der Waals surface area (Å²) in [5.41, 5.74) is 2.29. The van der Waals surface area contributed by atoms with Crippen LogP contribution in [0.2, 0.25) is 0 Å². The van der Waals surface area contributed by atoms with Gasteiger partial charge in [0.2, 0.25) is 11.8 Å². The highest BCUT2D eigenvalue weighted by Crippen LogP contribution is 2.43. The second-order valence-electron chi connectivity index (χ2n) is 9.55. The molecule has 2 unspecified atom stereocenters. The molecule has 2 fully saturated rings. The van der Waals surface area contributed by atoms with Gasteiger partial charge in [-0.25, -0.2) is 0 Å². The van der Waals surface area contributed by atoms with Crippen LogP contribution in [0.15, 0.2) is 18.2 Å². The molecular formula is C23H32N2O3. The number of hydrogen-bond donors (Lipinski definition) is 1. The van der Waals surface area contributed by atoms with Crippen LogP contribution in [0.25, 0.3) is 0 Å². The Morgan fingerprint density at radius 1 is 1.07 bits per heavy atom. The molecule has 28 heavy (non-hydrogen) atoms. The zero-order chi connectivity index (χ0) is 19.9. The zero-order valence-corrected chi connectivity index (χ0v) is 17.1. The van der Waals surface area contributed by atoms with Gasteiger partial charge in [-0.15, -0.1) is 0 Å². The van der Waals surface area contributed by atoms with Crippen LogP contribution in [0, 0.1) is 5.41 Å². The number of phenols is 1. The highest BCUT2D eigenvalue weighted by Gasteiger charge is 2.39. The van der Waals surface area contributed by atoms with Crippen molar-refractivity contribution in [1.82, 2.24) is 9.80 Å². The highest BCUT2D eigenvalue weighted by atomic mass is 16.3. The molecule has 5 heteroatoms. The van der Waals surface area contributed by atoms with E-state index < -0.39 is 0 Å². The number of unbranched alkanes of at least 4 members (excludes halogenated alkanes) is 1. The quantitative estimate of drug-likeness (QED) is 0.624. The minimum Gasteiger partial charge on any atom is -0.508 e. The molecule has 5 nitrogen and oxygen atoms in total. The van der Waals surface area contributed by atoms with Crippen LogP contribution < -0.4 is 0 Å². The van der Waals surface area contributed by atoms with E-state index in [4.69, 9.17) is 0 Å². The summed E-state index contributed by atoms with van der Waals surface area (Å²) in [6.45, 7) is 6.67. The van der Waals surface area contributed by atoms with E-state index in [1.54, 1.807) is 6.07 Å². The smallest absolute Gasteiger partial charge is 0.229 e. The van der Waals surface area contributed by atoms with Crippen molar-refractivity contribution in [3.8, 4) is 5.75 Å².